The van der Waals surface area contributed by atoms with Crippen molar-refractivity contribution >= 4 is 27.8 Å². The van der Waals surface area contributed by atoms with E-state index >= 15 is 0 Å². The molecule has 0 spiro atoms. The molecule has 1 amide bonds. The Kier molecular flexibility index (Phi) is 4.90. The molecule has 0 bridgehead atoms. The second-order valence-electron chi connectivity index (χ2n) is 7.86. The Hall–Kier alpha value is -4.46. The average molecular weight is 442 g/mol. The third kappa shape index (κ3) is 3.51. The Morgan fingerprint density at radius 1 is 1.12 bits per heavy atom. The Bertz CT molecular complexity index is 1560. The van der Waals surface area contributed by atoms with Gasteiger partial charge in [-0.3, -0.25) is 24.1 Å². The molecule has 0 saturated carbocycles. The molecule has 1 fully saturated rings. The molecule has 33 heavy (non-hydrogen) atoms. The van der Waals surface area contributed by atoms with E-state index in [-0.39, 0.29) is 23.2 Å². The molecular formula is C22H18N8O3. The van der Waals surface area contributed by atoms with Gasteiger partial charge in [0.2, 0.25) is 11.7 Å². The van der Waals surface area contributed by atoms with E-state index in [2.05, 4.69) is 19.9 Å². The van der Waals surface area contributed by atoms with E-state index in [0.29, 0.717) is 53.7 Å². The van der Waals surface area contributed by atoms with Crippen LogP contribution in [0.15, 0.2) is 40.3 Å². The van der Waals surface area contributed by atoms with Crippen LogP contribution in [-0.2, 0) is 4.79 Å². The molecule has 11 nitrogen and oxygen atoms in total. The van der Waals surface area contributed by atoms with E-state index in [9.17, 15) is 14.4 Å². The monoisotopic (exact) mass is 442 g/mol. The van der Waals surface area contributed by atoms with E-state index in [4.69, 9.17) is 10.2 Å². The summed E-state index contributed by atoms with van der Waals surface area (Å²) in [5.41, 5.74) is 1.40. The molecule has 164 valence electrons. The molecule has 0 aliphatic carbocycles. The van der Waals surface area contributed by atoms with E-state index in [0.717, 1.165) is 0 Å². The van der Waals surface area contributed by atoms with Crippen molar-refractivity contribution in [2.24, 2.45) is 0 Å². The van der Waals surface area contributed by atoms with Gasteiger partial charge in [-0.2, -0.15) is 5.26 Å². The number of carbonyl (C=O) groups is 1. The number of nitriles is 1. The number of likely N-dealkylation sites (tertiary alicyclic amines) is 1. The average Bonchev–Trinajstić information content (AvgIpc) is 2.84. The zero-order valence-corrected chi connectivity index (χ0v) is 17.6. The maximum atomic E-state index is 13.0. The number of aromatic nitrogens is 6. The van der Waals surface area contributed by atoms with Crippen LogP contribution in [-0.4, -0.2) is 53.4 Å². The van der Waals surface area contributed by atoms with Gasteiger partial charge in [-0.15, -0.1) is 0 Å². The van der Waals surface area contributed by atoms with Crippen LogP contribution in [0.25, 0.3) is 33.2 Å². The van der Waals surface area contributed by atoms with Crippen molar-refractivity contribution in [2.75, 3.05) is 13.1 Å². The lowest BCUT2D eigenvalue weighted by molar-refractivity contribution is -0.130. The van der Waals surface area contributed by atoms with Crippen LogP contribution in [0.5, 0.6) is 0 Å². The lowest BCUT2D eigenvalue weighted by Gasteiger charge is -2.32. The summed E-state index contributed by atoms with van der Waals surface area (Å²) >= 11 is 0. The van der Waals surface area contributed by atoms with Gasteiger partial charge in [0.05, 0.1) is 22.1 Å². The highest BCUT2D eigenvalue weighted by Gasteiger charge is 2.26. The minimum atomic E-state index is -0.532. The second-order valence-corrected chi connectivity index (χ2v) is 7.86. The van der Waals surface area contributed by atoms with Gasteiger partial charge in [0.1, 0.15) is 11.6 Å². The largest absolute Gasteiger partial charge is 0.343 e. The number of nitrogens with zero attached hydrogens (tertiary/aromatic N) is 7. The Labute approximate surface area is 186 Å². The fourth-order valence-electron chi connectivity index (χ4n) is 4.26. The van der Waals surface area contributed by atoms with Crippen LogP contribution < -0.4 is 11.2 Å². The molecule has 0 radical (unpaired) electrons. The zero-order valence-electron chi connectivity index (χ0n) is 17.6. The van der Waals surface area contributed by atoms with E-state index in [1.807, 2.05) is 6.07 Å². The minimum absolute atomic E-state index is 0.00211. The molecule has 1 saturated heterocycles. The summed E-state index contributed by atoms with van der Waals surface area (Å²) in [6.45, 7) is 2.58. The van der Waals surface area contributed by atoms with Crippen molar-refractivity contribution in [3.05, 3.63) is 57.4 Å². The first-order chi connectivity index (χ1) is 16.0. The summed E-state index contributed by atoms with van der Waals surface area (Å²) < 4.78 is 1.57. The quantitative estimate of drug-likeness (QED) is 0.454. The number of amides is 1. The van der Waals surface area contributed by atoms with Gasteiger partial charge >= 0.3 is 5.69 Å². The maximum absolute atomic E-state index is 13.0. The predicted molar refractivity (Wildman–Crippen MR) is 118 cm³/mol. The topological polar surface area (TPSA) is 151 Å². The van der Waals surface area contributed by atoms with Crippen LogP contribution in [0.1, 0.15) is 31.6 Å². The molecule has 5 rings (SSSR count). The molecule has 11 heteroatoms. The highest BCUT2D eigenvalue weighted by atomic mass is 16.2. The molecule has 1 aliphatic rings. The first-order valence-electron chi connectivity index (χ1n) is 10.4. The van der Waals surface area contributed by atoms with Gasteiger partial charge in [0, 0.05) is 50.2 Å². The van der Waals surface area contributed by atoms with Gasteiger partial charge in [-0.25, -0.2) is 19.7 Å². The first-order valence-corrected chi connectivity index (χ1v) is 10.4. The Morgan fingerprint density at radius 3 is 2.52 bits per heavy atom. The lowest BCUT2D eigenvalue weighted by Crippen LogP contribution is -2.41. The number of hydrogen-bond acceptors (Lipinski definition) is 8. The molecule has 0 aromatic carbocycles. The summed E-state index contributed by atoms with van der Waals surface area (Å²) in [5.74, 6) is 0.0432. The summed E-state index contributed by atoms with van der Waals surface area (Å²) in [4.78, 5) is 58.5. The normalized spacial score (nSPS) is 14.5. The predicted octanol–water partition coefficient (Wildman–Crippen LogP) is 1.15. The van der Waals surface area contributed by atoms with E-state index in [1.165, 1.54) is 25.5 Å². The van der Waals surface area contributed by atoms with Gasteiger partial charge in [0.15, 0.2) is 0 Å². The van der Waals surface area contributed by atoms with Crippen LogP contribution in [0, 0.1) is 11.3 Å². The second kappa shape index (κ2) is 7.90. The molecular weight excluding hydrogens is 424 g/mol. The van der Waals surface area contributed by atoms with Crippen molar-refractivity contribution in [1.29, 1.82) is 5.26 Å². The molecule has 1 aliphatic heterocycles. The minimum Gasteiger partial charge on any atom is -0.343 e. The van der Waals surface area contributed by atoms with Crippen molar-refractivity contribution in [2.45, 2.75) is 25.8 Å². The summed E-state index contributed by atoms with van der Waals surface area (Å²) in [6.07, 6.45) is 5.59. The van der Waals surface area contributed by atoms with Gasteiger partial charge in [-0.1, -0.05) is 0 Å². The highest BCUT2D eigenvalue weighted by molar-refractivity contribution is 6.01. The third-order valence-electron chi connectivity index (χ3n) is 5.93. The van der Waals surface area contributed by atoms with Crippen molar-refractivity contribution < 1.29 is 4.79 Å². The van der Waals surface area contributed by atoms with Gasteiger partial charge in [-0.05, 0) is 25.0 Å². The number of rotatable bonds is 2. The van der Waals surface area contributed by atoms with Crippen molar-refractivity contribution in [3.8, 4) is 17.3 Å². The highest BCUT2D eigenvalue weighted by Crippen LogP contribution is 2.28. The van der Waals surface area contributed by atoms with Crippen LogP contribution in [0.2, 0.25) is 0 Å². The Morgan fingerprint density at radius 2 is 1.85 bits per heavy atom. The lowest BCUT2D eigenvalue weighted by atomic mass is 10.0. The number of carbonyl (C=O) groups excluding carboxylic acids is 1. The van der Waals surface area contributed by atoms with Gasteiger partial charge < -0.3 is 4.90 Å². The standard InChI is InChI=1S/C22H18N8O3/c1-12(31)29-6-4-14(5-7-29)30-20-15(21(32)28-22(30)33)11-24-17-3-2-16(27-19(17)20)13-9-25-18(8-23)26-10-13/h2-3,9-11,14H,4-7H2,1H3,(H,28,32,33). The SMILES string of the molecule is CC(=O)N1CCC(n2c(=O)[nH]c(=O)c3cnc4ccc(-c5cnc(C#N)nc5)nc4c32)CC1. The molecule has 0 unspecified atom stereocenters. The number of hydrogen-bond donors (Lipinski definition) is 1. The van der Waals surface area contributed by atoms with Crippen molar-refractivity contribution in [1.82, 2.24) is 34.4 Å². The van der Waals surface area contributed by atoms with Crippen LogP contribution >= 0.6 is 0 Å². The maximum Gasteiger partial charge on any atom is 0.329 e. The first kappa shape index (κ1) is 20.4. The van der Waals surface area contributed by atoms with Crippen molar-refractivity contribution in [3.63, 3.8) is 0 Å². The number of H-pyrrole nitrogens is 1. The van der Waals surface area contributed by atoms with E-state index < -0.39 is 11.2 Å². The summed E-state index contributed by atoms with van der Waals surface area (Å²) in [6, 6.07) is 5.16. The number of pyridine rings is 2. The van der Waals surface area contributed by atoms with Gasteiger partial charge in [0.25, 0.3) is 5.56 Å². The molecule has 0 atom stereocenters. The number of aromatic amines is 1. The zero-order chi connectivity index (χ0) is 23.1. The molecule has 4 aromatic rings. The van der Waals surface area contributed by atoms with Crippen LogP contribution in [0.3, 0.4) is 0 Å². The molecule has 1 N–H and O–H groups in total. The molecule has 4 aromatic heterocycles. The van der Waals surface area contributed by atoms with Crippen LogP contribution in [0.4, 0.5) is 0 Å². The smallest absolute Gasteiger partial charge is 0.329 e. The number of nitrogens with one attached hydrogen (secondary N) is 1. The summed E-state index contributed by atoms with van der Waals surface area (Å²) in [7, 11) is 0. The fraction of sp³-hybridized carbons (Fsp3) is 0.273. The van der Waals surface area contributed by atoms with E-state index in [1.54, 1.807) is 21.6 Å². The molecule has 5 heterocycles. The number of fused-ring (bicyclic) bond motifs is 3. The number of piperidine rings is 1. The third-order valence-corrected chi connectivity index (χ3v) is 5.93. The summed E-state index contributed by atoms with van der Waals surface area (Å²) in [5, 5.41) is 9.19. The fourth-order valence-corrected chi connectivity index (χ4v) is 4.26. The Balaban J connectivity index is 1.72.